The molecule has 0 saturated carbocycles. The number of hydrogen-bond donors (Lipinski definition) is 1. The van der Waals surface area contributed by atoms with E-state index in [4.69, 9.17) is 4.42 Å². The van der Waals surface area contributed by atoms with Gasteiger partial charge in [0, 0.05) is 36.7 Å². The maximum absolute atomic E-state index is 5.21. The van der Waals surface area contributed by atoms with Gasteiger partial charge in [0.2, 0.25) is 12.3 Å². The van der Waals surface area contributed by atoms with E-state index in [1.165, 1.54) is 12.0 Å². The predicted octanol–water partition coefficient (Wildman–Crippen LogP) is 3.48. The molecule has 0 spiro atoms. The van der Waals surface area contributed by atoms with Crippen LogP contribution >= 0.6 is 0 Å². The summed E-state index contributed by atoms with van der Waals surface area (Å²) in [7, 11) is 0. The molecule has 3 rings (SSSR count). The summed E-state index contributed by atoms with van der Waals surface area (Å²) in [6.07, 6.45) is 5.60. The molecule has 3 aromatic rings. The minimum Gasteiger partial charge on any atom is -0.423 e. The first-order valence-corrected chi connectivity index (χ1v) is 7.02. The topological polar surface area (TPSA) is 55.9 Å². The van der Waals surface area contributed by atoms with Crippen molar-refractivity contribution in [2.24, 2.45) is 0 Å². The van der Waals surface area contributed by atoms with Crippen molar-refractivity contribution in [3.8, 4) is 11.5 Å². The Hall–Kier alpha value is -2.56. The minimum atomic E-state index is 0.546. The molecule has 0 saturated heterocycles. The van der Waals surface area contributed by atoms with Crippen molar-refractivity contribution >= 4 is 5.69 Å². The minimum absolute atomic E-state index is 0.546. The molecule has 5 heteroatoms. The van der Waals surface area contributed by atoms with E-state index in [0.717, 1.165) is 29.9 Å². The van der Waals surface area contributed by atoms with Gasteiger partial charge in [0.15, 0.2) is 0 Å². The van der Waals surface area contributed by atoms with Crippen LogP contribution < -0.4 is 5.32 Å². The van der Waals surface area contributed by atoms with E-state index in [2.05, 4.69) is 52.4 Å². The average Bonchev–Trinajstić information content (AvgIpc) is 3.17. The lowest BCUT2D eigenvalue weighted by atomic mass is 10.1. The molecule has 0 aliphatic rings. The van der Waals surface area contributed by atoms with E-state index in [1.54, 1.807) is 0 Å². The van der Waals surface area contributed by atoms with E-state index >= 15 is 0 Å². The first kappa shape index (κ1) is 13.4. The van der Waals surface area contributed by atoms with Crippen LogP contribution in [-0.2, 0) is 13.1 Å². The first-order valence-electron chi connectivity index (χ1n) is 7.02. The third kappa shape index (κ3) is 2.97. The number of aromatic nitrogens is 3. The monoisotopic (exact) mass is 282 g/mol. The van der Waals surface area contributed by atoms with Gasteiger partial charge in [-0.05, 0) is 49.2 Å². The zero-order valence-corrected chi connectivity index (χ0v) is 12.2. The molecule has 108 valence electrons. The van der Waals surface area contributed by atoms with Crippen molar-refractivity contribution < 1.29 is 4.42 Å². The molecule has 0 fully saturated rings. The van der Waals surface area contributed by atoms with Crippen LogP contribution in [0.1, 0.15) is 18.1 Å². The lowest BCUT2D eigenvalue weighted by molar-refractivity contribution is 0.568. The summed E-state index contributed by atoms with van der Waals surface area (Å²) in [6.45, 7) is 6.02. The molecule has 21 heavy (non-hydrogen) atoms. The standard InChI is InChI=1S/C16H18N4O/c1-3-20-7-6-13(10-20)9-17-15-5-4-14(8-12(15)2)16-19-18-11-21-16/h4-8,10-11,17H,3,9H2,1-2H3. The third-order valence-electron chi connectivity index (χ3n) is 3.49. The Kier molecular flexibility index (Phi) is 3.73. The fraction of sp³-hybridized carbons (Fsp3) is 0.250. The van der Waals surface area contributed by atoms with Crippen LogP contribution in [0.2, 0.25) is 0 Å². The molecule has 0 unspecified atom stereocenters. The maximum atomic E-state index is 5.21. The maximum Gasteiger partial charge on any atom is 0.247 e. The SMILES string of the molecule is CCn1ccc(CNc2ccc(-c3nnco3)cc2C)c1. The summed E-state index contributed by atoms with van der Waals surface area (Å²) in [4.78, 5) is 0. The van der Waals surface area contributed by atoms with Gasteiger partial charge < -0.3 is 14.3 Å². The van der Waals surface area contributed by atoms with Crippen LogP contribution in [0.25, 0.3) is 11.5 Å². The van der Waals surface area contributed by atoms with Crippen molar-refractivity contribution in [3.63, 3.8) is 0 Å². The molecular formula is C16H18N4O. The van der Waals surface area contributed by atoms with Gasteiger partial charge in [0.25, 0.3) is 0 Å². The van der Waals surface area contributed by atoms with Gasteiger partial charge in [0.1, 0.15) is 0 Å². The summed E-state index contributed by atoms with van der Waals surface area (Å²) in [6, 6.07) is 8.22. The largest absolute Gasteiger partial charge is 0.423 e. The van der Waals surface area contributed by atoms with Crippen LogP contribution in [0.3, 0.4) is 0 Å². The fourth-order valence-electron chi connectivity index (χ4n) is 2.28. The molecule has 2 heterocycles. The number of benzene rings is 1. The quantitative estimate of drug-likeness (QED) is 0.778. The highest BCUT2D eigenvalue weighted by molar-refractivity contribution is 5.62. The van der Waals surface area contributed by atoms with Gasteiger partial charge >= 0.3 is 0 Å². The second kappa shape index (κ2) is 5.83. The van der Waals surface area contributed by atoms with Gasteiger partial charge in [-0.2, -0.15) is 0 Å². The molecule has 0 radical (unpaired) electrons. The average molecular weight is 282 g/mol. The summed E-state index contributed by atoms with van der Waals surface area (Å²) in [5.74, 6) is 0.546. The lowest BCUT2D eigenvalue weighted by Crippen LogP contribution is -2.00. The van der Waals surface area contributed by atoms with Crippen LogP contribution in [0.15, 0.2) is 47.5 Å². The Balaban J connectivity index is 1.71. The van der Waals surface area contributed by atoms with Gasteiger partial charge in [-0.15, -0.1) is 10.2 Å². The number of nitrogens with one attached hydrogen (secondary N) is 1. The van der Waals surface area contributed by atoms with Gasteiger partial charge in [0.05, 0.1) is 0 Å². The Morgan fingerprint density at radius 2 is 2.19 bits per heavy atom. The Labute approximate surface area is 123 Å². The summed E-state index contributed by atoms with van der Waals surface area (Å²) >= 11 is 0. The van der Waals surface area contributed by atoms with E-state index in [9.17, 15) is 0 Å². The van der Waals surface area contributed by atoms with Crippen LogP contribution in [0.5, 0.6) is 0 Å². The number of aryl methyl sites for hydroxylation is 2. The van der Waals surface area contributed by atoms with Gasteiger partial charge in [-0.25, -0.2) is 0 Å². The van der Waals surface area contributed by atoms with Crippen molar-refractivity contribution in [2.75, 3.05) is 5.32 Å². The smallest absolute Gasteiger partial charge is 0.247 e. The number of anilines is 1. The molecule has 2 aromatic heterocycles. The summed E-state index contributed by atoms with van der Waals surface area (Å²) < 4.78 is 7.38. The van der Waals surface area contributed by atoms with Gasteiger partial charge in [-0.1, -0.05) is 0 Å². The van der Waals surface area contributed by atoms with E-state index in [-0.39, 0.29) is 0 Å². The first-order chi connectivity index (χ1) is 10.3. The van der Waals surface area contributed by atoms with Crippen LogP contribution in [0.4, 0.5) is 5.69 Å². The Morgan fingerprint density at radius 1 is 1.29 bits per heavy atom. The molecule has 1 aromatic carbocycles. The normalized spacial score (nSPS) is 10.8. The highest BCUT2D eigenvalue weighted by atomic mass is 16.4. The number of nitrogens with zero attached hydrogens (tertiary/aromatic N) is 3. The highest BCUT2D eigenvalue weighted by Gasteiger charge is 2.06. The van der Waals surface area contributed by atoms with E-state index in [0.29, 0.717) is 5.89 Å². The van der Waals surface area contributed by atoms with Crippen molar-refractivity contribution in [2.45, 2.75) is 26.9 Å². The highest BCUT2D eigenvalue weighted by Crippen LogP contribution is 2.23. The zero-order valence-electron chi connectivity index (χ0n) is 12.2. The molecular weight excluding hydrogens is 264 g/mol. The lowest BCUT2D eigenvalue weighted by Gasteiger charge is -2.09. The second-order valence-electron chi connectivity index (χ2n) is 4.98. The Morgan fingerprint density at radius 3 is 2.86 bits per heavy atom. The van der Waals surface area contributed by atoms with E-state index < -0.39 is 0 Å². The van der Waals surface area contributed by atoms with Crippen molar-refractivity contribution in [3.05, 3.63) is 54.2 Å². The molecule has 5 nitrogen and oxygen atoms in total. The second-order valence-corrected chi connectivity index (χ2v) is 4.98. The van der Waals surface area contributed by atoms with Crippen molar-refractivity contribution in [1.82, 2.24) is 14.8 Å². The number of hydrogen-bond acceptors (Lipinski definition) is 4. The van der Waals surface area contributed by atoms with E-state index in [1.807, 2.05) is 18.2 Å². The van der Waals surface area contributed by atoms with Gasteiger partial charge in [-0.3, -0.25) is 0 Å². The van der Waals surface area contributed by atoms with Crippen LogP contribution in [0, 0.1) is 6.92 Å². The zero-order chi connectivity index (χ0) is 14.7. The van der Waals surface area contributed by atoms with Crippen LogP contribution in [-0.4, -0.2) is 14.8 Å². The predicted molar refractivity (Wildman–Crippen MR) is 81.9 cm³/mol. The molecule has 0 aliphatic heterocycles. The van der Waals surface area contributed by atoms with Crippen molar-refractivity contribution in [1.29, 1.82) is 0 Å². The molecule has 0 bridgehead atoms. The fourth-order valence-corrected chi connectivity index (χ4v) is 2.28. The summed E-state index contributed by atoms with van der Waals surface area (Å²) in [5.41, 5.74) is 4.48. The molecule has 0 amide bonds. The third-order valence-corrected chi connectivity index (χ3v) is 3.49. The molecule has 0 atom stereocenters. The molecule has 0 aliphatic carbocycles. The molecule has 1 N–H and O–H groups in total. The summed E-state index contributed by atoms with van der Waals surface area (Å²) in [5, 5.41) is 11.1. The number of rotatable bonds is 5. The Bertz CT molecular complexity index is 716.